The summed E-state index contributed by atoms with van der Waals surface area (Å²) in [5, 5.41) is 8.40. The minimum atomic E-state index is -0.595. The number of carbonyl (C=O) groups is 1. The Morgan fingerprint density at radius 1 is 1.12 bits per heavy atom. The molecule has 1 N–H and O–H groups in total. The third-order valence-corrected chi connectivity index (χ3v) is 5.86. The summed E-state index contributed by atoms with van der Waals surface area (Å²) < 4.78 is 21.1. The van der Waals surface area contributed by atoms with Gasteiger partial charge in [0, 0.05) is 17.5 Å². The third kappa shape index (κ3) is 5.97. The van der Waals surface area contributed by atoms with Crippen molar-refractivity contribution in [2.75, 3.05) is 26.2 Å². The predicted molar refractivity (Wildman–Crippen MR) is 129 cm³/mol. The minimum absolute atomic E-state index is 0.204. The second-order valence-corrected chi connectivity index (χ2v) is 9.70. The van der Waals surface area contributed by atoms with Crippen LogP contribution in [0.5, 0.6) is 0 Å². The second-order valence-electron chi connectivity index (χ2n) is 9.70. The van der Waals surface area contributed by atoms with E-state index in [-0.39, 0.29) is 5.82 Å². The Morgan fingerprint density at radius 3 is 2.61 bits per heavy atom. The number of benzene rings is 2. The molecule has 0 unspecified atom stereocenters. The number of nitrogens with zero attached hydrogens (tertiary/aromatic N) is 3. The fourth-order valence-electron chi connectivity index (χ4n) is 4.21. The Balaban J connectivity index is 1.42. The van der Waals surface area contributed by atoms with Gasteiger partial charge in [0.05, 0.1) is 11.7 Å². The highest BCUT2D eigenvalue weighted by Crippen LogP contribution is 2.26. The summed E-state index contributed by atoms with van der Waals surface area (Å²) in [7, 11) is 0. The maximum absolute atomic E-state index is 14.4. The molecule has 0 spiro atoms. The Bertz CT molecular complexity index is 1110. The molecule has 3 aromatic rings. The lowest BCUT2D eigenvalue weighted by Gasteiger charge is -2.19. The molecule has 7 heteroatoms. The van der Waals surface area contributed by atoms with Crippen molar-refractivity contribution in [3.63, 3.8) is 0 Å². The minimum Gasteiger partial charge on any atom is -0.442 e. The molecule has 2 aromatic carbocycles. The Labute approximate surface area is 194 Å². The van der Waals surface area contributed by atoms with Gasteiger partial charge in [-0.25, -0.2) is 9.18 Å². The van der Waals surface area contributed by atoms with Crippen LogP contribution in [-0.2, 0) is 11.3 Å². The first-order valence-electron chi connectivity index (χ1n) is 11.7. The van der Waals surface area contributed by atoms with Crippen molar-refractivity contribution in [2.24, 2.45) is 0 Å². The number of likely N-dealkylation sites (tertiary alicyclic amines) is 1. The van der Waals surface area contributed by atoms with Crippen molar-refractivity contribution in [1.29, 1.82) is 0 Å². The van der Waals surface area contributed by atoms with E-state index >= 15 is 0 Å². The molecule has 0 bridgehead atoms. The van der Waals surface area contributed by atoms with Gasteiger partial charge in [-0.2, -0.15) is 9.78 Å². The average Bonchev–Trinajstić information content (AvgIpc) is 3.42. The van der Waals surface area contributed by atoms with Gasteiger partial charge in [-0.3, -0.25) is 0 Å². The molecule has 0 amide bonds. The Hall–Kier alpha value is -2.77. The average molecular weight is 453 g/mol. The van der Waals surface area contributed by atoms with Crippen molar-refractivity contribution in [1.82, 2.24) is 20.0 Å². The van der Waals surface area contributed by atoms with Gasteiger partial charge in [0.1, 0.15) is 11.4 Å². The zero-order chi connectivity index (χ0) is 23.4. The summed E-state index contributed by atoms with van der Waals surface area (Å²) in [5.74, 6) is -0.204. The molecule has 0 aliphatic carbocycles. The van der Waals surface area contributed by atoms with Crippen LogP contribution in [0.1, 0.15) is 45.6 Å². The highest BCUT2D eigenvalue weighted by atomic mass is 19.1. The molecular weight excluding hydrogens is 419 g/mol. The van der Waals surface area contributed by atoms with Crippen molar-refractivity contribution < 1.29 is 13.9 Å². The van der Waals surface area contributed by atoms with E-state index in [2.05, 4.69) is 15.3 Å². The van der Waals surface area contributed by atoms with Crippen LogP contribution < -0.4 is 5.32 Å². The number of aromatic nitrogens is 2. The summed E-state index contributed by atoms with van der Waals surface area (Å²) >= 11 is 0. The number of carbonyl (C=O) groups excluding carboxylic acids is 1. The SMILES string of the molecule is CC(C)(C)OC(=O)n1ncc2cc(-c3ccc(F)c(CNCCCN4CCCC4)c3)ccc21. The first kappa shape index (κ1) is 23.4. The van der Waals surface area contributed by atoms with Crippen molar-refractivity contribution in [3.8, 4) is 11.1 Å². The van der Waals surface area contributed by atoms with Crippen LogP contribution >= 0.6 is 0 Å². The molecule has 1 aromatic heterocycles. The zero-order valence-electron chi connectivity index (χ0n) is 19.7. The summed E-state index contributed by atoms with van der Waals surface area (Å²) in [5.41, 5.74) is 2.61. The normalized spacial score (nSPS) is 14.8. The van der Waals surface area contributed by atoms with Gasteiger partial charge in [0.2, 0.25) is 0 Å². The van der Waals surface area contributed by atoms with Crippen LogP contribution in [0, 0.1) is 5.82 Å². The molecule has 0 saturated carbocycles. The van der Waals surface area contributed by atoms with E-state index in [1.165, 1.54) is 36.7 Å². The maximum Gasteiger partial charge on any atom is 0.435 e. The number of nitrogens with one attached hydrogen (secondary N) is 1. The smallest absolute Gasteiger partial charge is 0.435 e. The number of rotatable bonds is 7. The van der Waals surface area contributed by atoms with E-state index in [0.29, 0.717) is 17.6 Å². The molecule has 6 nitrogen and oxygen atoms in total. The van der Waals surface area contributed by atoms with Gasteiger partial charge in [0.15, 0.2) is 0 Å². The van der Waals surface area contributed by atoms with E-state index < -0.39 is 11.7 Å². The van der Waals surface area contributed by atoms with E-state index in [1.54, 1.807) is 12.3 Å². The molecule has 176 valence electrons. The summed E-state index contributed by atoms with van der Waals surface area (Å²) in [6.45, 7) is 10.4. The lowest BCUT2D eigenvalue weighted by Crippen LogP contribution is -2.27. The van der Waals surface area contributed by atoms with Crippen LogP contribution in [0.2, 0.25) is 0 Å². The topological polar surface area (TPSA) is 59.4 Å². The standard InChI is InChI=1S/C26H33FN4O2/c1-26(2,3)33-25(32)31-24-10-8-20(16-22(24)18-29-31)19-7-9-23(27)21(15-19)17-28-11-6-14-30-12-4-5-13-30/h7-10,15-16,18,28H,4-6,11-14,17H2,1-3H3. The van der Waals surface area contributed by atoms with Crippen molar-refractivity contribution in [3.05, 3.63) is 54.0 Å². The Kier molecular flexibility index (Phi) is 7.10. The fourth-order valence-corrected chi connectivity index (χ4v) is 4.21. The molecule has 4 rings (SSSR count). The van der Waals surface area contributed by atoms with Crippen molar-refractivity contribution in [2.45, 2.75) is 52.2 Å². The van der Waals surface area contributed by atoms with Gasteiger partial charge in [-0.15, -0.1) is 0 Å². The third-order valence-electron chi connectivity index (χ3n) is 5.86. The van der Waals surface area contributed by atoms with Crippen LogP contribution in [0.25, 0.3) is 22.0 Å². The van der Waals surface area contributed by atoms with Gasteiger partial charge in [-0.05, 0) is 102 Å². The van der Waals surface area contributed by atoms with E-state index in [1.807, 2.05) is 45.0 Å². The molecule has 1 aliphatic rings. The fraction of sp³-hybridized carbons (Fsp3) is 0.462. The van der Waals surface area contributed by atoms with Crippen LogP contribution in [0.3, 0.4) is 0 Å². The molecule has 33 heavy (non-hydrogen) atoms. The second kappa shape index (κ2) is 10.0. The summed E-state index contributed by atoms with van der Waals surface area (Å²) in [6.07, 6.45) is 4.82. The maximum atomic E-state index is 14.4. The van der Waals surface area contributed by atoms with Crippen LogP contribution in [-0.4, -0.2) is 52.6 Å². The largest absolute Gasteiger partial charge is 0.442 e. The zero-order valence-corrected chi connectivity index (χ0v) is 19.7. The molecule has 0 radical (unpaired) electrons. The monoisotopic (exact) mass is 452 g/mol. The van der Waals surface area contributed by atoms with E-state index in [0.717, 1.165) is 36.0 Å². The molecule has 1 fully saturated rings. The molecular formula is C26H33FN4O2. The Morgan fingerprint density at radius 2 is 1.85 bits per heavy atom. The molecule has 0 atom stereocenters. The number of halogens is 1. The quantitative estimate of drug-likeness (QED) is 0.499. The highest BCUT2D eigenvalue weighted by molar-refractivity contribution is 5.90. The number of ether oxygens (including phenoxy) is 1. The molecule has 1 saturated heterocycles. The van der Waals surface area contributed by atoms with Gasteiger partial charge in [-0.1, -0.05) is 12.1 Å². The van der Waals surface area contributed by atoms with Crippen molar-refractivity contribution >= 4 is 17.0 Å². The highest BCUT2D eigenvalue weighted by Gasteiger charge is 2.20. The van der Waals surface area contributed by atoms with Crippen LogP contribution in [0.15, 0.2) is 42.6 Å². The van der Waals surface area contributed by atoms with Gasteiger partial charge >= 0.3 is 6.09 Å². The molecule has 1 aliphatic heterocycles. The van der Waals surface area contributed by atoms with Gasteiger partial charge in [0.25, 0.3) is 0 Å². The first-order valence-corrected chi connectivity index (χ1v) is 11.7. The first-order chi connectivity index (χ1) is 15.8. The van der Waals surface area contributed by atoms with Gasteiger partial charge < -0.3 is 15.0 Å². The number of hydrogen-bond donors (Lipinski definition) is 1. The van der Waals surface area contributed by atoms with Crippen LogP contribution in [0.4, 0.5) is 9.18 Å². The predicted octanol–water partition coefficient (Wildman–Crippen LogP) is 5.20. The number of fused-ring (bicyclic) bond motifs is 1. The molecule has 2 heterocycles. The van der Waals surface area contributed by atoms with E-state index in [9.17, 15) is 9.18 Å². The van der Waals surface area contributed by atoms with E-state index in [4.69, 9.17) is 4.74 Å². The lowest BCUT2D eigenvalue weighted by atomic mass is 10.0. The summed E-state index contributed by atoms with van der Waals surface area (Å²) in [4.78, 5) is 14.9. The lowest BCUT2D eigenvalue weighted by molar-refractivity contribution is 0.0522. The number of hydrogen-bond acceptors (Lipinski definition) is 5. The summed E-state index contributed by atoms with van der Waals surface area (Å²) in [6, 6.07) is 10.9.